The van der Waals surface area contributed by atoms with E-state index in [0.29, 0.717) is 0 Å². The largest absolute Gasteiger partial charge is 0.468 e. The van der Waals surface area contributed by atoms with Crippen LogP contribution in [0, 0.1) is 13.8 Å². The molecule has 1 unspecified atom stereocenters. The molecule has 0 radical (unpaired) electrons. The Morgan fingerprint density at radius 3 is 2.67 bits per heavy atom. The summed E-state index contributed by atoms with van der Waals surface area (Å²) in [6, 6.07) is 6.53. The van der Waals surface area contributed by atoms with E-state index < -0.39 is 5.54 Å². The van der Waals surface area contributed by atoms with Gasteiger partial charge in [-0.25, -0.2) is 0 Å². The normalized spacial score (nSPS) is 13.8. The van der Waals surface area contributed by atoms with Crippen molar-refractivity contribution in [3.63, 3.8) is 0 Å². The lowest BCUT2D eigenvalue weighted by Gasteiger charge is -2.27. The Bertz CT molecular complexity index is 476. The van der Waals surface area contributed by atoms with E-state index in [0.717, 1.165) is 25.1 Å². The van der Waals surface area contributed by atoms with Gasteiger partial charge in [-0.15, -0.1) is 11.8 Å². The van der Waals surface area contributed by atoms with E-state index in [4.69, 9.17) is 4.74 Å². The van der Waals surface area contributed by atoms with E-state index in [9.17, 15) is 4.79 Å². The summed E-state index contributed by atoms with van der Waals surface area (Å²) in [5, 5.41) is 3.24. The molecule has 0 fully saturated rings. The molecule has 0 aliphatic heterocycles. The van der Waals surface area contributed by atoms with Crippen LogP contribution in [-0.4, -0.2) is 30.9 Å². The van der Waals surface area contributed by atoms with Gasteiger partial charge < -0.3 is 10.1 Å². The zero-order chi connectivity index (χ0) is 15.9. The maximum absolute atomic E-state index is 11.9. The number of carbonyl (C=O) groups is 1. The Labute approximate surface area is 132 Å². The van der Waals surface area contributed by atoms with Crippen LogP contribution in [0.5, 0.6) is 0 Å². The van der Waals surface area contributed by atoms with Crippen molar-refractivity contribution in [3.05, 3.63) is 29.3 Å². The molecule has 1 atom stereocenters. The highest BCUT2D eigenvalue weighted by Gasteiger charge is 2.32. The number of carbonyl (C=O) groups excluding carboxylic acids is 1. The molecule has 0 aliphatic rings. The Morgan fingerprint density at radius 1 is 1.38 bits per heavy atom. The second-order valence-corrected chi connectivity index (χ2v) is 6.71. The van der Waals surface area contributed by atoms with Gasteiger partial charge in [-0.05, 0) is 57.5 Å². The molecule has 1 aromatic carbocycles. The summed E-state index contributed by atoms with van der Waals surface area (Å²) in [5.41, 5.74) is 2.04. The van der Waals surface area contributed by atoms with Crippen molar-refractivity contribution in [2.75, 3.05) is 19.4 Å². The Hall–Kier alpha value is -1.00. The zero-order valence-corrected chi connectivity index (χ0v) is 14.6. The predicted molar refractivity (Wildman–Crippen MR) is 90.0 cm³/mol. The van der Waals surface area contributed by atoms with Crippen molar-refractivity contribution in [1.29, 1.82) is 0 Å². The molecule has 0 heterocycles. The summed E-state index contributed by atoms with van der Waals surface area (Å²) in [6.45, 7) is 8.94. The van der Waals surface area contributed by atoms with E-state index >= 15 is 0 Å². The first-order chi connectivity index (χ1) is 9.92. The van der Waals surface area contributed by atoms with Gasteiger partial charge in [0.2, 0.25) is 0 Å². The number of rotatable bonds is 8. The van der Waals surface area contributed by atoms with Gasteiger partial charge in [-0.3, -0.25) is 4.79 Å². The maximum Gasteiger partial charge on any atom is 0.325 e. The molecule has 1 N–H and O–H groups in total. The minimum atomic E-state index is -0.577. The third-order valence-corrected chi connectivity index (χ3v) is 4.87. The van der Waals surface area contributed by atoms with Gasteiger partial charge >= 0.3 is 5.97 Å². The van der Waals surface area contributed by atoms with Crippen molar-refractivity contribution in [2.45, 2.75) is 51.0 Å². The summed E-state index contributed by atoms with van der Waals surface area (Å²) in [7, 11) is 1.45. The van der Waals surface area contributed by atoms with Crippen LogP contribution in [-0.2, 0) is 9.53 Å². The van der Waals surface area contributed by atoms with Crippen LogP contribution in [0.1, 0.15) is 37.8 Å². The molecular formula is C17H27NO2S. The molecule has 1 aromatic rings. The molecule has 0 saturated carbocycles. The number of methoxy groups -OCH3 is 1. The van der Waals surface area contributed by atoms with Crippen molar-refractivity contribution in [3.8, 4) is 0 Å². The van der Waals surface area contributed by atoms with Crippen molar-refractivity contribution < 1.29 is 9.53 Å². The quantitative estimate of drug-likeness (QED) is 0.451. The smallest absolute Gasteiger partial charge is 0.325 e. The SMILES string of the molecule is CCNC(C)(CCCSc1ccc(C)cc1C)C(=O)OC. The zero-order valence-electron chi connectivity index (χ0n) is 13.8. The van der Waals surface area contributed by atoms with Crippen molar-refractivity contribution in [1.82, 2.24) is 5.32 Å². The standard InChI is InChI=1S/C17H27NO2S/c1-6-18-17(4,16(19)20-5)10-7-11-21-15-9-8-13(2)12-14(15)3/h8-9,12,18H,6-7,10-11H2,1-5H3. The minimum absolute atomic E-state index is 0.180. The highest BCUT2D eigenvalue weighted by atomic mass is 32.2. The molecule has 0 bridgehead atoms. The fourth-order valence-electron chi connectivity index (χ4n) is 2.45. The third-order valence-electron chi connectivity index (χ3n) is 3.61. The van der Waals surface area contributed by atoms with Crippen LogP contribution in [0.15, 0.2) is 23.1 Å². The van der Waals surface area contributed by atoms with Gasteiger partial charge in [0, 0.05) is 4.90 Å². The number of aryl methyl sites for hydroxylation is 2. The lowest BCUT2D eigenvalue weighted by Crippen LogP contribution is -2.50. The summed E-state index contributed by atoms with van der Waals surface area (Å²) < 4.78 is 4.91. The Morgan fingerprint density at radius 2 is 2.10 bits per heavy atom. The Balaban J connectivity index is 2.49. The minimum Gasteiger partial charge on any atom is -0.468 e. The third kappa shape index (κ3) is 5.36. The van der Waals surface area contributed by atoms with E-state index in [-0.39, 0.29) is 5.97 Å². The van der Waals surface area contributed by atoms with Crippen LogP contribution in [0.4, 0.5) is 0 Å². The number of benzene rings is 1. The maximum atomic E-state index is 11.9. The molecule has 0 amide bonds. The highest BCUT2D eigenvalue weighted by Crippen LogP contribution is 2.25. The van der Waals surface area contributed by atoms with E-state index in [1.807, 2.05) is 25.6 Å². The summed E-state index contributed by atoms with van der Waals surface area (Å²) in [6.07, 6.45) is 1.75. The molecule has 0 aromatic heterocycles. The molecule has 118 valence electrons. The van der Waals surface area contributed by atoms with Crippen molar-refractivity contribution in [2.24, 2.45) is 0 Å². The lowest BCUT2D eigenvalue weighted by atomic mass is 9.96. The number of hydrogen-bond acceptors (Lipinski definition) is 4. The molecule has 0 spiro atoms. The summed E-state index contributed by atoms with van der Waals surface area (Å²) >= 11 is 1.85. The van der Waals surface area contributed by atoms with Crippen LogP contribution in [0.2, 0.25) is 0 Å². The first-order valence-electron chi connectivity index (χ1n) is 7.46. The van der Waals surface area contributed by atoms with Gasteiger partial charge in [0.1, 0.15) is 5.54 Å². The van der Waals surface area contributed by atoms with Gasteiger partial charge in [-0.1, -0.05) is 24.6 Å². The number of nitrogens with one attached hydrogen (secondary N) is 1. The molecule has 3 nitrogen and oxygen atoms in total. The fraction of sp³-hybridized carbons (Fsp3) is 0.588. The molecule has 1 rings (SSSR count). The van der Waals surface area contributed by atoms with Crippen molar-refractivity contribution >= 4 is 17.7 Å². The van der Waals surface area contributed by atoms with Crippen LogP contribution < -0.4 is 5.32 Å². The van der Waals surface area contributed by atoms with E-state index in [2.05, 4.69) is 37.4 Å². The highest BCUT2D eigenvalue weighted by molar-refractivity contribution is 7.99. The molecule has 21 heavy (non-hydrogen) atoms. The summed E-state index contributed by atoms with van der Waals surface area (Å²) in [5.74, 6) is 0.822. The second kappa shape index (κ2) is 8.44. The first-order valence-corrected chi connectivity index (χ1v) is 8.45. The van der Waals surface area contributed by atoms with E-state index in [1.165, 1.54) is 23.1 Å². The monoisotopic (exact) mass is 309 g/mol. The lowest BCUT2D eigenvalue weighted by molar-refractivity contribution is -0.148. The number of hydrogen-bond donors (Lipinski definition) is 1. The Kier molecular flexibility index (Phi) is 7.26. The second-order valence-electron chi connectivity index (χ2n) is 5.57. The number of thioether (sulfide) groups is 1. The van der Waals surface area contributed by atoms with Crippen LogP contribution >= 0.6 is 11.8 Å². The topological polar surface area (TPSA) is 38.3 Å². The average Bonchev–Trinajstić information content (AvgIpc) is 2.44. The number of esters is 1. The molecule has 0 saturated heterocycles. The summed E-state index contributed by atoms with van der Waals surface area (Å²) in [4.78, 5) is 13.2. The number of ether oxygens (including phenoxy) is 1. The molecular weight excluding hydrogens is 282 g/mol. The van der Waals surface area contributed by atoms with Crippen LogP contribution in [0.3, 0.4) is 0 Å². The van der Waals surface area contributed by atoms with Gasteiger partial charge in [-0.2, -0.15) is 0 Å². The number of likely N-dealkylation sites (N-methyl/N-ethyl adjacent to an activating group) is 1. The molecule has 4 heteroatoms. The predicted octanol–water partition coefficient (Wildman–Crippen LogP) is 3.72. The van der Waals surface area contributed by atoms with Crippen LogP contribution in [0.25, 0.3) is 0 Å². The van der Waals surface area contributed by atoms with E-state index in [1.54, 1.807) is 0 Å². The average molecular weight is 309 g/mol. The first kappa shape index (κ1) is 18.1. The van der Waals surface area contributed by atoms with Gasteiger partial charge in [0.05, 0.1) is 7.11 Å². The molecule has 0 aliphatic carbocycles. The van der Waals surface area contributed by atoms with Gasteiger partial charge in [0.15, 0.2) is 0 Å². The van der Waals surface area contributed by atoms with Gasteiger partial charge in [0.25, 0.3) is 0 Å². The fourth-order valence-corrected chi connectivity index (χ4v) is 3.41.